The van der Waals surface area contributed by atoms with E-state index in [-0.39, 0.29) is 0 Å². The Hall–Kier alpha value is -1.61. The summed E-state index contributed by atoms with van der Waals surface area (Å²) in [5.41, 5.74) is 0. The summed E-state index contributed by atoms with van der Waals surface area (Å²) in [6.07, 6.45) is 1.94. The summed E-state index contributed by atoms with van der Waals surface area (Å²) < 4.78 is 5.65. The van der Waals surface area contributed by atoms with E-state index < -0.39 is 8.07 Å². The van der Waals surface area contributed by atoms with E-state index in [4.69, 9.17) is 4.74 Å². The van der Waals surface area contributed by atoms with Crippen LogP contribution in [0.5, 0.6) is 11.6 Å². The van der Waals surface area contributed by atoms with Crippen LogP contribution in [0.25, 0.3) is 0 Å². The first-order valence-electron chi connectivity index (χ1n) is 5.75. The number of pyridine rings is 1. The van der Waals surface area contributed by atoms with Gasteiger partial charge in [0.2, 0.25) is 5.88 Å². The third-order valence-electron chi connectivity index (χ3n) is 2.57. The number of hydrogen-bond acceptors (Lipinski definition) is 2. The van der Waals surface area contributed by atoms with Gasteiger partial charge in [-0.05, 0) is 17.3 Å². The molecule has 0 bridgehead atoms. The van der Waals surface area contributed by atoms with Gasteiger partial charge < -0.3 is 4.74 Å². The minimum absolute atomic E-state index is 0.651. The van der Waals surface area contributed by atoms with E-state index in [9.17, 15) is 0 Å². The molecular formula is C14H17NOSi. The largest absolute Gasteiger partial charge is 0.439 e. The molecule has 2 nitrogen and oxygen atoms in total. The van der Waals surface area contributed by atoms with Gasteiger partial charge in [0.25, 0.3) is 0 Å². The van der Waals surface area contributed by atoms with Gasteiger partial charge in [0.1, 0.15) is 5.75 Å². The molecule has 0 fully saturated rings. The summed E-state index contributed by atoms with van der Waals surface area (Å²) in [5.74, 6) is 1.47. The van der Waals surface area contributed by atoms with E-state index in [0.717, 1.165) is 5.75 Å². The molecule has 2 aromatic rings. The van der Waals surface area contributed by atoms with Gasteiger partial charge in [-0.15, -0.1) is 0 Å². The van der Waals surface area contributed by atoms with Gasteiger partial charge in [-0.2, -0.15) is 0 Å². The van der Waals surface area contributed by atoms with Crippen molar-refractivity contribution in [1.82, 2.24) is 4.98 Å². The van der Waals surface area contributed by atoms with Crippen molar-refractivity contribution < 1.29 is 4.74 Å². The van der Waals surface area contributed by atoms with Gasteiger partial charge in [-0.3, -0.25) is 0 Å². The van der Waals surface area contributed by atoms with Crippen molar-refractivity contribution in [2.24, 2.45) is 0 Å². The molecule has 0 aliphatic rings. The number of hydrogen-bond donors (Lipinski definition) is 0. The number of aromatic nitrogens is 1. The second-order valence-electron chi connectivity index (χ2n) is 5.05. The second kappa shape index (κ2) is 4.71. The van der Waals surface area contributed by atoms with Crippen molar-refractivity contribution in [2.45, 2.75) is 19.6 Å². The molecule has 17 heavy (non-hydrogen) atoms. The SMILES string of the molecule is C[Si](C)(C)c1ccc(Oc2ccccc2)nc1. The summed E-state index contributed by atoms with van der Waals surface area (Å²) in [7, 11) is -1.27. The zero-order valence-electron chi connectivity index (χ0n) is 10.5. The fourth-order valence-electron chi connectivity index (χ4n) is 1.49. The Balaban J connectivity index is 2.14. The molecular weight excluding hydrogens is 226 g/mol. The van der Waals surface area contributed by atoms with Crippen molar-refractivity contribution >= 4 is 13.3 Å². The molecule has 3 heteroatoms. The van der Waals surface area contributed by atoms with Crippen LogP contribution in [0.2, 0.25) is 19.6 Å². The van der Waals surface area contributed by atoms with Crippen LogP contribution in [0.3, 0.4) is 0 Å². The van der Waals surface area contributed by atoms with E-state index >= 15 is 0 Å². The highest BCUT2D eigenvalue weighted by Gasteiger charge is 2.16. The van der Waals surface area contributed by atoms with Gasteiger partial charge in [-0.1, -0.05) is 43.9 Å². The van der Waals surface area contributed by atoms with Crippen molar-refractivity contribution in [3.63, 3.8) is 0 Å². The lowest BCUT2D eigenvalue weighted by Crippen LogP contribution is -2.37. The van der Waals surface area contributed by atoms with Gasteiger partial charge in [0, 0.05) is 12.3 Å². The molecule has 0 atom stereocenters. The minimum Gasteiger partial charge on any atom is -0.439 e. The van der Waals surface area contributed by atoms with Gasteiger partial charge >= 0.3 is 0 Å². The minimum atomic E-state index is -1.27. The molecule has 1 aromatic carbocycles. The fourth-order valence-corrected chi connectivity index (χ4v) is 2.53. The van der Waals surface area contributed by atoms with Crippen molar-refractivity contribution in [2.75, 3.05) is 0 Å². The molecule has 0 saturated heterocycles. The lowest BCUT2D eigenvalue weighted by atomic mass is 10.3. The molecule has 1 heterocycles. The first-order valence-corrected chi connectivity index (χ1v) is 9.25. The van der Waals surface area contributed by atoms with E-state index in [2.05, 4.69) is 30.7 Å². The molecule has 0 saturated carbocycles. The van der Waals surface area contributed by atoms with Crippen LogP contribution in [0.4, 0.5) is 0 Å². The highest BCUT2D eigenvalue weighted by atomic mass is 28.3. The summed E-state index contributed by atoms with van der Waals surface area (Å²) in [6.45, 7) is 6.92. The molecule has 0 aliphatic carbocycles. The molecule has 1 aromatic heterocycles. The maximum absolute atomic E-state index is 5.65. The molecule has 0 N–H and O–H groups in total. The summed E-state index contributed by atoms with van der Waals surface area (Å²) in [5, 5.41) is 1.35. The van der Waals surface area contributed by atoms with E-state index in [1.165, 1.54) is 5.19 Å². The molecule has 0 amide bonds. The number of para-hydroxylation sites is 1. The zero-order chi connectivity index (χ0) is 12.3. The smallest absolute Gasteiger partial charge is 0.219 e. The Morgan fingerprint density at radius 2 is 1.65 bits per heavy atom. The Morgan fingerprint density at radius 3 is 2.18 bits per heavy atom. The Labute approximate surface area is 103 Å². The highest BCUT2D eigenvalue weighted by Crippen LogP contribution is 2.17. The lowest BCUT2D eigenvalue weighted by Gasteiger charge is -2.16. The molecule has 0 aliphatic heterocycles. The summed E-state index contributed by atoms with van der Waals surface area (Å²) in [4.78, 5) is 4.35. The summed E-state index contributed by atoms with van der Waals surface area (Å²) >= 11 is 0. The lowest BCUT2D eigenvalue weighted by molar-refractivity contribution is 0.463. The van der Waals surface area contributed by atoms with Crippen LogP contribution in [0.1, 0.15) is 0 Å². The van der Waals surface area contributed by atoms with Crippen molar-refractivity contribution in [3.8, 4) is 11.6 Å². The average molecular weight is 243 g/mol. The van der Waals surface area contributed by atoms with Crippen LogP contribution in [0.15, 0.2) is 48.7 Å². The maximum atomic E-state index is 5.65. The number of ether oxygens (including phenoxy) is 1. The van der Waals surface area contributed by atoms with Crippen LogP contribution in [0, 0.1) is 0 Å². The molecule has 0 radical (unpaired) electrons. The fraction of sp³-hybridized carbons (Fsp3) is 0.214. The predicted octanol–water partition coefficient (Wildman–Crippen LogP) is 3.42. The average Bonchev–Trinajstić information content (AvgIpc) is 2.30. The monoisotopic (exact) mass is 243 g/mol. The molecule has 88 valence electrons. The van der Waals surface area contributed by atoms with Gasteiger partial charge in [0.05, 0.1) is 8.07 Å². The number of benzene rings is 1. The predicted molar refractivity (Wildman–Crippen MR) is 73.7 cm³/mol. The van der Waals surface area contributed by atoms with Crippen LogP contribution in [-0.2, 0) is 0 Å². The first-order chi connectivity index (χ1) is 8.05. The topological polar surface area (TPSA) is 22.1 Å². The zero-order valence-corrected chi connectivity index (χ0v) is 11.5. The third-order valence-corrected chi connectivity index (χ3v) is 4.60. The van der Waals surface area contributed by atoms with Gasteiger partial charge in [-0.25, -0.2) is 4.98 Å². The molecule has 0 spiro atoms. The Bertz CT molecular complexity index is 474. The van der Waals surface area contributed by atoms with Crippen LogP contribution < -0.4 is 9.92 Å². The van der Waals surface area contributed by atoms with Gasteiger partial charge in [0.15, 0.2) is 0 Å². The normalized spacial score (nSPS) is 11.2. The quantitative estimate of drug-likeness (QED) is 0.771. The van der Waals surface area contributed by atoms with Crippen molar-refractivity contribution in [1.29, 1.82) is 0 Å². The molecule has 2 rings (SSSR count). The second-order valence-corrected chi connectivity index (χ2v) is 10.1. The van der Waals surface area contributed by atoms with E-state index in [1.54, 1.807) is 0 Å². The number of nitrogens with zero attached hydrogens (tertiary/aromatic N) is 1. The highest BCUT2D eigenvalue weighted by molar-refractivity contribution is 6.88. The summed E-state index contributed by atoms with van der Waals surface area (Å²) in [6, 6.07) is 13.8. The van der Waals surface area contributed by atoms with Crippen LogP contribution >= 0.6 is 0 Å². The first kappa shape index (κ1) is 11.9. The Kier molecular flexibility index (Phi) is 3.29. The van der Waals surface area contributed by atoms with Crippen molar-refractivity contribution in [3.05, 3.63) is 48.7 Å². The third kappa shape index (κ3) is 3.17. The van der Waals surface area contributed by atoms with E-state index in [0.29, 0.717) is 5.88 Å². The maximum Gasteiger partial charge on any atom is 0.219 e. The number of rotatable bonds is 3. The standard InChI is InChI=1S/C14H17NOSi/c1-17(2,3)13-9-10-14(15-11-13)16-12-7-5-4-6-8-12/h4-11H,1-3H3. The Morgan fingerprint density at radius 1 is 0.941 bits per heavy atom. The van der Waals surface area contributed by atoms with E-state index in [1.807, 2.05) is 42.6 Å². The van der Waals surface area contributed by atoms with Crippen LogP contribution in [-0.4, -0.2) is 13.1 Å². The molecule has 0 unspecified atom stereocenters.